The molecule has 3 rings (SSSR count). The number of benzene rings is 2. The molecule has 0 aliphatic carbocycles. The first-order valence-electron chi connectivity index (χ1n) is 8.61. The minimum Gasteiger partial charge on any atom is -0.481 e. The standard InChI is InChI=1S/C22H20FNO2S/c1-3-22(25-2,21-24-13-15-27-21)18-10-6-11-19(16-18)26-14-7-9-17-8-4-5-12-20(17)23/h4-6,8,10-13,15-16H,3,14H2,1-2H3. The molecule has 3 nitrogen and oxygen atoms in total. The van der Waals surface area contributed by atoms with Crippen LogP contribution >= 0.6 is 11.3 Å². The molecule has 2 aromatic carbocycles. The molecule has 1 unspecified atom stereocenters. The van der Waals surface area contributed by atoms with Crippen molar-refractivity contribution in [1.29, 1.82) is 0 Å². The van der Waals surface area contributed by atoms with E-state index in [-0.39, 0.29) is 12.4 Å². The van der Waals surface area contributed by atoms with E-state index in [1.54, 1.807) is 42.8 Å². The number of halogens is 1. The number of hydrogen-bond acceptors (Lipinski definition) is 4. The molecule has 3 aromatic rings. The number of aromatic nitrogens is 1. The summed E-state index contributed by atoms with van der Waals surface area (Å²) in [7, 11) is 1.69. The molecule has 0 saturated carbocycles. The van der Waals surface area contributed by atoms with Crippen molar-refractivity contribution in [1.82, 2.24) is 4.98 Å². The van der Waals surface area contributed by atoms with Crippen LogP contribution in [0.4, 0.5) is 4.39 Å². The van der Waals surface area contributed by atoms with Crippen LogP contribution in [0.2, 0.25) is 0 Å². The van der Waals surface area contributed by atoms with Crippen LogP contribution < -0.4 is 4.74 Å². The maximum absolute atomic E-state index is 13.6. The van der Waals surface area contributed by atoms with Gasteiger partial charge in [-0.3, -0.25) is 0 Å². The molecule has 138 valence electrons. The van der Waals surface area contributed by atoms with Gasteiger partial charge in [-0.05, 0) is 36.2 Å². The molecule has 27 heavy (non-hydrogen) atoms. The predicted octanol–water partition coefficient (Wildman–Crippen LogP) is 5.01. The van der Waals surface area contributed by atoms with E-state index in [1.165, 1.54) is 6.07 Å². The molecule has 0 radical (unpaired) electrons. The van der Waals surface area contributed by atoms with E-state index in [0.717, 1.165) is 17.0 Å². The van der Waals surface area contributed by atoms with Crippen LogP contribution in [0.15, 0.2) is 60.1 Å². The average Bonchev–Trinajstić information content (AvgIpc) is 3.24. The number of ether oxygens (including phenoxy) is 2. The first-order valence-corrected chi connectivity index (χ1v) is 9.49. The zero-order valence-electron chi connectivity index (χ0n) is 15.2. The highest BCUT2D eigenvalue weighted by molar-refractivity contribution is 7.09. The second-order valence-electron chi connectivity index (χ2n) is 5.82. The van der Waals surface area contributed by atoms with Gasteiger partial charge in [-0.25, -0.2) is 9.37 Å². The molecule has 1 heterocycles. The van der Waals surface area contributed by atoms with Gasteiger partial charge in [0.25, 0.3) is 0 Å². The van der Waals surface area contributed by atoms with E-state index in [4.69, 9.17) is 9.47 Å². The van der Waals surface area contributed by atoms with Gasteiger partial charge >= 0.3 is 0 Å². The molecule has 0 aliphatic rings. The fourth-order valence-corrected chi connectivity index (χ4v) is 3.81. The quantitative estimate of drug-likeness (QED) is 0.562. The molecular weight excluding hydrogens is 361 g/mol. The third-order valence-electron chi connectivity index (χ3n) is 4.33. The summed E-state index contributed by atoms with van der Waals surface area (Å²) in [6, 6.07) is 14.2. The smallest absolute Gasteiger partial charge is 0.149 e. The lowest BCUT2D eigenvalue weighted by molar-refractivity contribution is 0.0182. The Balaban J connectivity index is 1.77. The summed E-state index contributed by atoms with van der Waals surface area (Å²) in [5.74, 6) is 5.99. The van der Waals surface area contributed by atoms with Gasteiger partial charge in [-0.2, -0.15) is 0 Å². The number of nitrogens with zero attached hydrogens (tertiary/aromatic N) is 1. The minimum atomic E-state index is -0.605. The van der Waals surface area contributed by atoms with Crippen LogP contribution in [0, 0.1) is 17.7 Å². The fourth-order valence-electron chi connectivity index (χ4n) is 2.90. The van der Waals surface area contributed by atoms with Crippen LogP contribution in [0.25, 0.3) is 0 Å². The third-order valence-corrected chi connectivity index (χ3v) is 5.25. The van der Waals surface area contributed by atoms with Crippen molar-refractivity contribution < 1.29 is 13.9 Å². The molecule has 0 amide bonds. The van der Waals surface area contributed by atoms with E-state index in [0.29, 0.717) is 11.3 Å². The Morgan fingerprint density at radius 3 is 2.74 bits per heavy atom. The first kappa shape index (κ1) is 19.1. The van der Waals surface area contributed by atoms with Crippen LogP contribution in [-0.2, 0) is 10.3 Å². The van der Waals surface area contributed by atoms with Gasteiger partial charge in [-0.1, -0.05) is 43.0 Å². The second kappa shape index (κ2) is 8.81. The summed E-state index contributed by atoms with van der Waals surface area (Å²) in [4.78, 5) is 4.45. The summed E-state index contributed by atoms with van der Waals surface area (Å²) >= 11 is 1.57. The van der Waals surface area contributed by atoms with Crippen molar-refractivity contribution in [2.75, 3.05) is 13.7 Å². The first-order chi connectivity index (χ1) is 13.2. The lowest BCUT2D eigenvalue weighted by atomic mass is 9.91. The van der Waals surface area contributed by atoms with Crippen LogP contribution in [0.1, 0.15) is 29.5 Å². The molecular formula is C22H20FNO2S. The third kappa shape index (κ3) is 4.19. The summed E-state index contributed by atoms with van der Waals surface area (Å²) in [5.41, 5.74) is 0.733. The largest absolute Gasteiger partial charge is 0.481 e. The molecule has 5 heteroatoms. The normalized spacial score (nSPS) is 12.7. The fraction of sp³-hybridized carbons (Fsp3) is 0.227. The van der Waals surface area contributed by atoms with Gasteiger partial charge in [0.1, 0.15) is 28.8 Å². The molecule has 0 fully saturated rings. The number of methoxy groups -OCH3 is 1. The van der Waals surface area contributed by atoms with Crippen molar-refractivity contribution in [3.8, 4) is 17.6 Å². The van der Waals surface area contributed by atoms with Crippen molar-refractivity contribution >= 4 is 11.3 Å². The van der Waals surface area contributed by atoms with Crippen LogP contribution in [-0.4, -0.2) is 18.7 Å². The Morgan fingerprint density at radius 2 is 2.04 bits per heavy atom. The number of thiazole rings is 1. The van der Waals surface area contributed by atoms with Gasteiger partial charge in [0.05, 0.1) is 5.56 Å². The van der Waals surface area contributed by atoms with Gasteiger partial charge in [0.15, 0.2) is 0 Å². The van der Waals surface area contributed by atoms with Gasteiger partial charge < -0.3 is 9.47 Å². The Morgan fingerprint density at radius 1 is 1.19 bits per heavy atom. The van der Waals surface area contributed by atoms with Crippen molar-refractivity contribution in [3.05, 3.63) is 82.1 Å². The summed E-state index contributed by atoms with van der Waals surface area (Å²) < 4.78 is 25.2. The van der Waals surface area contributed by atoms with E-state index in [2.05, 4.69) is 23.7 Å². The highest BCUT2D eigenvalue weighted by Gasteiger charge is 2.35. The monoisotopic (exact) mass is 381 g/mol. The zero-order chi connectivity index (χ0) is 19.1. The lowest BCUT2D eigenvalue weighted by Gasteiger charge is -2.30. The summed E-state index contributed by atoms with van der Waals surface area (Å²) in [6.07, 6.45) is 2.52. The number of rotatable bonds is 6. The summed E-state index contributed by atoms with van der Waals surface area (Å²) in [5, 5.41) is 2.85. The van der Waals surface area contributed by atoms with Crippen molar-refractivity contribution in [2.24, 2.45) is 0 Å². The average molecular weight is 381 g/mol. The molecule has 0 spiro atoms. The summed E-state index contributed by atoms with van der Waals surface area (Å²) in [6.45, 7) is 2.24. The van der Waals surface area contributed by atoms with Crippen molar-refractivity contribution in [3.63, 3.8) is 0 Å². The van der Waals surface area contributed by atoms with E-state index >= 15 is 0 Å². The Labute approximate surface area is 162 Å². The predicted molar refractivity (Wildman–Crippen MR) is 105 cm³/mol. The van der Waals surface area contributed by atoms with Crippen molar-refractivity contribution in [2.45, 2.75) is 18.9 Å². The highest BCUT2D eigenvalue weighted by atomic mass is 32.1. The molecule has 0 aliphatic heterocycles. The number of hydrogen-bond donors (Lipinski definition) is 0. The maximum atomic E-state index is 13.6. The van der Waals surface area contributed by atoms with Gasteiger partial charge in [0, 0.05) is 18.7 Å². The van der Waals surface area contributed by atoms with E-state index in [9.17, 15) is 4.39 Å². The zero-order valence-corrected chi connectivity index (χ0v) is 16.1. The molecule has 0 saturated heterocycles. The van der Waals surface area contributed by atoms with E-state index < -0.39 is 5.60 Å². The Bertz CT molecular complexity index is 940. The second-order valence-corrected chi connectivity index (χ2v) is 6.71. The Hall–Kier alpha value is -2.68. The molecule has 0 N–H and O–H groups in total. The highest BCUT2D eigenvalue weighted by Crippen LogP contribution is 2.38. The molecule has 1 aromatic heterocycles. The van der Waals surface area contributed by atoms with Gasteiger partial charge in [-0.15, -0.1) is 11.3 Å². The maximum Gasteiger partial charge on any atom is 0.149 e. The lowest BCUT2D eigenvalue weighted by Crippen LogP contribution is -2.29. The molecule has 0 bridgehead atoms. The Kier molecular flexibility index (Phi) is 6.23. The topological polar surface area (TPSA) is 31.4 Å². The van der Waals surface area contributed by atoms with Crippen LogP contribution in [0.5, 0.6) is 5.75 Å². The molecule has 1 atom stereocenters. The van der Waals surface area contributed by atoms with Crippen LogP contribution in [0.3, 0.4) is 0 Å². The van der Waals surface area contributed by atoms with Gasteiger partial charge in [0.2, 0.25) is 0 Å². The minimum absolute atomic E-state index is 0.168. The SMILES string of the molecule is CCC(OC)(c1cccc(OCC#Cc2ccccc2F)c1)c1nccs1. The van der Waals surface area contributed by atoms with E-state index in [1.807, 2.05) is 29.6 Å².